The third-order valence-electron chi connectivity index (χ3n) is 2.94. The van der Waals surface area contributed by atoms with Crippen LogP contribution in [0.4, 0.5) is 5.69 Å². The van der Waals surface area contributed by atoms with Gasteiger partial charge in [0.1, 0.15) is 5.75 Å². The summed E-state index contributed by atoms with van der Waals surface area (Å²) in [6.07, 6.45) is 0. The summed E-state index contributed by atoms with van der Waals surface area (Å²) in [4.78, 5) is 0. The van der Waals surface area contributed by atoms with E-state index in [2.05, 4.69) is 27.9 Å². The van der Waals surface area contributed by atoms with Crippen LogP contribution in [-0.2, 0) is 6.54 Å². The van der Waals surface area contributed by atoms with E-state index in [1.54, 1.807) is 0 Å². The van der Waals surface area contributed by atoms with Gasteiger partial charge in [0.2, 0.25) is 0 Å². The molecule has 0 amide bonds. The van der Waals surface area contributed by atoms with Gasteiger partial charge >= 0.3 is 0 Å². The topological polar surface area (TPSA) is 32.3 Å². The molecule has 19 heavy (non-hydrogen) atoms. The maximum absolute atomic E-state index is 10.0. The number of hydrogen-bond donors (Lipinski definition) is 2. The molecule has 0 saturated carbocycles. The first-order valence-electron chi connectivity index (χ1n) is 5.95. The van der Waals surface area contributed by atoms with E-state index in [9.17, 15) is 5.11 Å². The smallest absolute Gasteiger partial charge is 0.133 e. The zero-order valence-corrected chi connectivity index (χ0v) is 13.7. The van der Waals surface area contributed by atoms with Gasteiger partial charge in [-0.2, -0.15) is 0 Å². The lowest BCUT2D eigenvalue weighted by Crippen LogP contribution is -2.02. The molecule has 0 aromatic heterocycles. The van der Waals surface area contributed by atoms with E-state index in [1.807, 2.05) is 44.2 Å². The van der Waals surface area contributed by atoms with Crippen LogP contribution in [0.1, 0.15) is 16.7 Å². The minimum atomic E-state index is 0.352. The van der Waals surface area contributed by atoms with Gasteiger partial charge in [-0.05, 0) is 71.8 Å². The second kappa shape index (κ2) is 6.01. The number of phenolic OH excluding ortho intramolecular Hbond substituents is 1. The molecular weight excluding hydrogens is 373 g/mol. The molecule has 0 heterocycles. The Bertz CT molecular complexity index is 613. The van der Waals surface area contributed by atoms with E-state index < -0.39 is 0 Å². The fraction of sp³-hybridized carbons (Fsp3) is 0.200. The molecule has 100 valence electrons. The molecule has 0 saturated heterocycles. The lowest BCUT2D eigenvalue weighted by atomic mass is 10.1. The molecule has 0 spiro atoms. The van der Waals surface area contributed by atoms with Crippen LogP contribution in [0.3, 0.4) is 0 Å². The first kappa shape index (κ1) is 14.5. The van der Waals surface area contributed by atoms with Crippen molar-refractivity contribution in [2.24, 2.45) is 0 Å². The van der Waals surface area contributed by atoms with Crippen molar-refractivity contribution >= 4 is 39.9 Å². The molecule has 0 fully saturated rings. The van der Waals surface area contributed by atoms with Crippen molar-refractivity contribution in [1.82, 2.24) is 0 Å². The van der Waals surface area contributed by atoms with Gasteiger partial charge in [0, 0.05) is 22.8 Å². The molecule has 0 unspecified atom stereocenters. The van der Waals surface area contributed by atoms with Crippen molar-refractivity contribution < 1.29 is 5.11 Å². The van der Waals surface area contributed by atoms with Crippen LogP contribution in [0.25, 0.3) is 0 Å². The van der Waals surface area contributed by atoms with Crippen LogP contribution in [-0.4, -0.2) is 5.11 Å². The van der Waals surface area contributed by atoms with Gasteiger partial charge in [-0.1, -0.05) is 17.7 Å². The fourth-order valence-corrected chi connectivity index (χ4v) is 3.02. The molecule has 0 atom stereocenters. The highest BCUT2D eigenvalue weighted by molar-refractivity contribution is 14.1. The van der Waals surface area contributed by atoms with Gasteiger partial charge in [0.25, 0.3) is 0 Å². The summed E-state index contributed by atoms with van der Waals surface area (Å²) in [6.45, 7) is 4.62. The lowest BCUT2D eigenvalue weighted by molar-refractivity contribution is 0.465. The first-order chi connectivity index (χ1) is 8.97. The van der Waals surface area contributed by atoms with E-state index in [0.717, 1.165) is 31.0 Å². The van der Waals surface area contributed by atoms with Gasteiger partial charge in [-0.3, -0.25) is 0 Å². The molecule has 0 aliphatic carbocycles. The quantitative estimate of drug-likeness (QED) is 0.736. The minimum absolute atomic E-state index is 0.352. The van der Waals surface area contributed by atoms with Crippen LogP contribution < -0.4 is 5.32 Å². The summed E-state index contributed by atoms with van der Waals surface area (Å²) in [7, 11) is 0. The number of hydrogen-bond acceptors (Lipinski definition) is 2. The van der Waals surface area contributed by atoms with Crippen LogP contribution in [0.5, 0.6) is 5.75 Å². The van der Waals surface area contributed by atoms with Gasteiger partial charge < -0.3 is 10.4 Å². The molecule has 0 radical (unpaired) electrons. The third kappa shape index (κ3) is 3.54. The Kier molecular flexibility index (Phi) is 4.58. The van der Waals surface area contributed by atoms with Crippen molar-refractivity contribution in [3.8, 4) is 5.75 Å². The Morgan fingerprint density at radius 2 is 1.95 bits per heavy atom. The Hall–Kier alpha value is -0.940. The fourth-order valence-electron chi connectivity index (χ4n) is 1.96. The van der Waals surface area contributed by atoms with Crippen molar-refractivity contribution in [3.63, 3.8) is 0 Å². The van der Waals surface area contributed by atoms with Gasteiger partial charge in [0.05, 0.1) is 3.57 Å². The maximum Gasteiger partial charge on any atom is 0.133 e. The molecule has 4 heteroatoms. The zero-order chi connectivity index (χ0) is 14.0. The van der Waals surface area contributed by atoms with Gasteiger partial charge in [-0.25, -0.2) is 0 Å². The minimum Gasteiger partial charge on any atom is -0.506 e. The largest absolute Gasteiger partial charge is 0.506 e. The van der Waals surface area contributed by atoms with E-state index in [-0.39, 0.29) is 0 Å². The molecule has 2 aromatic rings. The summed E-state index contributed by atoms with van der Waals surface area (Å²) in [5, 5.41) is 14.1. The standard InChI is InChI=1S/C15H15ClINO/c1-9-5-11(15(19)13(17)6-9)8-18-14-4-3-12(16)7-10(14)2/h3-7,18-19H,8H2,1-2H3. The Morgan fingerprint density at radius 3 is 2.63 bits per heavy atom. The monoisotopic (exact) mass is 387 g/mol. The highest BCUT2D eigenvalue weighted by atomic mass is 127. The average Bonchev–Trinajstić information content (AvgIpc) is 2.33. The van der Waals surface area contributed by atoms with E-state index >= 15 is 0 Å². The molecular formula is C15H15ClINO. The van der Waals surface area contributed by atoms with E-state index in [0.29, 0.717) is 12.3 Å². The summed E-state index contributed by atoms with van der Waals surface area (Å²) in [6, 6.07) is 9.69. The number of aryl methyl sites for hydroxylation is 2. The zero-order valence-electron chi connectivity index (χ0n) is 10.8. The number of benzene rings is 2. The molecule has 2 nitrogen and oxygen atoms in total. The number of aromatic hydroxyl groups is 1. The van der Waals surface area contributed by atoms with E-state index in [1.165, 1.54) is 0 Å². The molecule has 0 bridgehead atoms. The normalized spacial score (nSPS) is 10.5. The number of halogens is 2. The SMILES string of the molecule is Cc1cc(I)c(O)c(CNc2ccc(Cl)cc2C)c1. The molecule has 2 aromatic carbocycles. The molecule has 2 rings (SSSR count). The number of anilines is 1. The Balaban J connectivity index is 2.19. The second-order valence-corrected chi connectivity index (χ2v) is 6.17. The van der Waals surface area contributed by atoms with Crippen molar-refractivity contribution in [3.05, 3.63) is 55.6 Å². The van der Waals surface area contributed by atoms with Gasteiger partial charge in [0.15, 0.2) is 0 Å². The highest BCUT2D eigenvalue weighted by Crippen LogP contribution is 2.27. The summed E-state index contributed by atoms with van der Waals surface area (Å²) in [5.41, 5.74) is 4.17. The van der Waals surface area contributed by atoms with Crippen molar-refractivity contribution in [1.29, 1.82) is 0 Å². The number of nitrogens with one attached hydrogen (secondary N) is 1. The van der Waals surface area contributed by atoms with Crippen LogP contribution in [0.15, 0.2) is 30.3 Å². The Morgan fingerprint density at radius 1 is 1.21 bits per heavy atom. The number of rotatable bonds is 3. The molecule has 0 aliphatic heterocycles. The Labute approximate surface area is 131 Å². The lowest BCUT2D eigenvalue weighted by Gasteiger charge is -2.12. The van der Waals surface area contributed by atoms with Crippen LogP contribution in [0, 0.1) is 17.4 Å². The second-order valence-electron chi connectivity index (χ2n) is 4.57. The van der Waals surface area contributed by atoms with E-state index in [4.69, 9.17) is 11.6 Å². The highest BCUT2D eigenvalue weighted by Gasteiger charge is 2.07. The summed E-state index contributed by atoms with van der Waals surface area (Å²) >= 11 is 8.08. The maximum atomic E-state index is 10.0. The predicted molar refractivity (Wildman–Crippen MR) is 89.1 cm³/mol. The van der Waals surface area contributed by atoms with Crippen molar-refractivity contribution in [2.75, 3.05) is 5.32 Å². The predicted octanol–water partition coefficient (Wildman–Crippen LogP) is 4.88. The summed E-state index contributed by atoms with van der Waals surface area (Å²) < 4.78 is 0.877. The average molecular weight is 388 g/mol. The summed E-state index contributed by atoms with van der Waals surface area (Å²) in [5.74, 6) is 0.352. The van der Waals surface area contributed by atoms with Gasteiger partial charge in [-0.15, -0.1) is 0 Å². The third-order valence-corrected chi connectivity index (χ3v) is 4.00. The van der Waals surface area contributed by atoms with Crippen LogP contribution >= 0.6 is 34.2 Å². The molecule has 2 N–H and O–H groups in total. The molecule has 0 aliphatic rings. The number of phenols is 1. The first-order valence-corrected chi connectivity index (χ1v) is 7.41. The van der Waals surface area contributed by atoms with Crippen LogP contribution in [0.2, 0.25) is 5.02 Å². The van der Waals surface area contributed by atoms with Crippen molar-refractivity contribution in [2.45, 2.75) is 20.4 Å².